The lowest BCUT2D eigenvalue weighted by atomic mass is 10.00. The van der Waals surface area contributed by atoms with Crippen LogP contribution >= 0.6 is 0 Å². The number of benzene rings is 1. The standard InChI is InChI=1S/C20H29N3O2/c1-22-18(9-4-5-10-19(22)24)20(25)21-12-6-13-23-14-11-16-7-2-3-8-17(16)15-23/h2-3,7-8,18H,4-6,9-15H2,1H3,(H,21,25). The van der Waals surface area contributed by atoms with Gasteiger partial charge in [-0.25, -0.2) is 0 Å². The minimum atomic E-state index is -0.295. The van der Waals surface area contributed by atoms with Crippen molar-refractivity contribution in [1.29, 1.82) is 0 Å². The van der Waals surface area contributed by atoms with Crippen molar-refractivity contribution in [3.8, 4) is 0 Å². The lowest BCUT2D eigenvalue weighted by Crippen LogP contribution is -2.47. The Morgan fingerprint density at radius 3 is 2.84 bits per heavy atom. The highest BCUT2D eigenvalue weighted by atomic mass is 16.2. The number of fused-ring (bicyclic) bond motifs is 1. The van der Waals surface area contributed by atoms with Crippen molar-refractivity contribution < 1.29 is 9.59 Å². The van der Waals surface area contributed by atoms with Crippen LogP contribution in [0.2, 0.25) is 0 Å². The van der Waals surface area contributed by atoms with Gasteiger partial charge in [-0.1, -0.05) is 30.7 Å². The summed E-state index contributed by atoms with van der Waals surface area (Å²) >= 11 is 0. The third-order valence-electron chi connectivity index (χ3n) is 5.44. The maximum absolute atomic E-state index is 12.4. The van der Waals surface area contributed by atoms with Gasteiger partial charge in [0.2, 0.25) is 11.8 Å². The summed E-state index contributed by atoms with van der Waals surface area (Å²) in [5, 5.41) is 3.03. The van der Waals surface area contributed by atoms with Gasteiger partial charge < -0.3 is 10.2 Å². The number of carbonyl (C=O) groups is 2. The normalized spacial score (nSPS) is 21.6. The lowest BCUT2D eigenvalue weighted by molar-refractivity contribution is -0.138. The first-order valence-corrected chi connectivity index (χ1v) is 9.47. The fourth-order valence-corrected chi connectivity index (χ4v) is 3.84. The average Bonchev–Trinajstić information content (AvgIpc) is 2.80. The van der Waals surface area contributed by atoms with Gasteiger partial charge in [-0.05, 0) is 36.8 Å². The highest BCUT2D eigenvalue weighted by Crippen LogP contribution is 2.18. The number of nitrogens with one attached hydrogen (secondary N) is 1. The van der Waals surface area contributed by atoms with Gasteiger partial charge in [0, 0.05) is 39.6 Å². The number of likely N-dealkylation sites (tertiary alicyclic amines) is 1. The SMILES string of the molecule is CN1C(=O)CCCCC1C(=O)NCCCN1CCc2ccccc2C1. The Morgan fingerprint density at radius 1 is 1.20 bits per heavy atom. The molecule has 1 unspecified atom stereocenters. The number of nitrogens with zero attached hydrogens (tertiary/aromatic N) is 2. The van der Waals surface area contributed by atoms with E-state index < -0.39 is 0 Å². The van der Waals surface area contributed by atoms with Crippen molar-refractivity contribution in [3.63, 3.8) is 0 Å². The van der Waals surface area contributed by atoms with Crippen molar-refractivity contribution in [2.24, 2.45) is 0 Å². The smallest absolute Gasteiger partial charge is 0.242 e. The van der Waals surface area contributed by atoms with Crippen LogP contribution in [-0.4, -0.2) is 54.3 Å². The molecule has 2 amide bonds. The molecule has 1 atom stereocenters. The Labute approximate surface area is 150 Å². The summed E-state index contributed by atoms with van der Waals surface area (Å²) in [6.07, 6.45) is 5.23. The third-order valence-corrected chi connectivity index (χ3v) is 5.44. The Hall–Kier alpha value is -1.88. The van der Waals surface area contributed by atoms with E-state index >= 15 is 0 Å². The van der Waals surface area contributed by atoms with Crippen LogP contribution in [0.15, 0.2) is 24.3 Å². The van der Waals surface area contributed by atoms with E-state index in [1.54, 1.807) is 11.9 Å². The largest absolute Gasteiger partial charge is 0.354 e. The van der Waals surface area contributed by atoms with Crippen LogP contribution in [0, 0.1) is 0 Å². The fourth-order valence-electron chi connectivity index (χ4n) is 3.84. The van der Waals surface area contributed by atoms with Gasteiger partial charge in [0.15, 0.2) is 0 Å². The summed E-state index contributed by atoms with van der Waals surface area (Å²) in [5.41, 5.74) is 2.89. The van der Waals surface area contributed by atoms with E-state index in [0.717, 1.165) is 51.7 Å². The third kappa shape index (κ3) is 4.60. The number of carbonyl (C=O) groups excluding carboxylic acids is 2. The molecule has 1 aromatic rings. The molecule has 0 bridgehead atoms. The molecule has 1 fully saturated rings. The van der Waals surface area contributed by atoms with Crippen LogP contribution in [0.3, 0.4) is 0 Å². The van der Waals surface area contributed by atoms with Gasteiger partial charge in [0.1, 0.15) is 6.04 Å². The highest BCUT2D eigenvalue weighted by Gasteiger charge is 2.28. The molecular weight excluding hydrogens is 314 g/mol. The molecule has 3 rings (SSSR count). The van der Waals surface area contributed by atoms with Crippen molar-refractivity contribution >= 4 is 11.8 Å². The first kappa shape index (κ1) is 17.9. The van der Waals surface area contributed by atoms with Crippen molar-refractivity contribution in [2.45, 2.75) is 51.1 Å². The molecule has 136 valence electrons. The van der Waals surface area contributed by atoms with Crippen LogP contribution < -0.4 is 5.32 Å². The van der Waals surface area contributed by atoms with E-state index in [4.69, 9.17) is 0 Å². The first-order valence-electron chi connectivity index (χ1n) is 9.47. The lowest BCUT2D eigenvalue weighted by Gasteiger charge is -2.29. The van der Waals surface area contributed by atoms with E-state index in [0.29, 0.717) is 13.0 Å². The second kappa shape index (κ2) is 8.48. The number of rotatable bonds is 5. The maximum Gasteiger partial charge on any atom is 0.242 e. The number of hydrogen-bond donors (Lipinski definition) is 1. The summed E-state index contributed by atoms with van der Waals surface area (Å²) in [4.78, 5) is 28.4. The monoisotopic (exact) mass is 343 g/mol. The molecule has 5 heteroatoms. The zero-order valence-corrected chi connectivity index (χ0v) is 15.2. The first-order chi connectivity index (χ1) is 12.1. The molecule has 0 radical (unpaired) electrons. The summed E-state index contributed by atoms with van der Waals surface area (Å²) in [6.45, 7) is 3.76. The highest BCUT2D eigenvalue weighted by molar-refractivity contribution is 5.87. The second-order valence-electron chi connectivity index (χ2n) is 7.21. The predicted octanol–water partition coefficient (Wildman–Crippen LogP) is 1.95. The molecule has 2 heterocycles. The molecule has 5 nitrogen and oxygen atoms in total. The molecule has 2 aliphatic rings. The Kier molecular flexibility index (Phi) is 6.08. The second-order valence-corrected chi connectivity index (χ2v) is 7.21. The molecule has 1 saturated heterocycles. The molecular formula is C20H29N3O2. The number of amides is 2. The molecule has 25 heavy (non-hydrogen) atoms. The topological polar surface area (TPSA) is 52.7 Å². The molecule has 1 aromatic carbocycles. The maximum atomic E-state index is 12.4. The zero-order valence-electron chi connectivity index (χ0n) is 15.2. The molecule has 0 spiro atoms. The van der Waals surface area contributed by atoms with Gasteiger partial charge in [-0.2, -0.15) is 0 Å². The van der Waals surface area contributed by atoms with Gasteiger partial charge in [0.25, 0.3) is 0 Å². The van der Waals surface area contributed by atoms with Crippen LogP contribution in [0.4, 0.5) is 0 Å². The summed E-state index contributed by atoms with van der Waals surface area (Å²) in [7, 11) is 1.75. The van der Waals surface area contributed by atoms with Gasteiger partial charge in [-0.3, -0.25) is 14.5 Å². The van der Waals surface area contributed by atoms with E-state index in [1.807, 2.05) is 0 Å². The van der Waals surface area contributed by atoms with Crippen molar-refractivity contribution in [1.82, 2.24) is 15.1 Å². The van der Waals surface area contributed by atoms with E-state index in [2.05, 4.69) is 34.5 Å². The quantitative estimate of drug-likeness (QED) is 0.832. The van der Waals surface area contributed by atoms with Gasteiger partial charge >= 0.3 is 0 Å². The van der Waals surface area contributed by atoms with Crippen LogP contribution in [0.1, 0.15) is 43.2 Å². The summed E-state index contributed by atoms with van der Waals surface area (Å²) in [5.74, 6) is 0.0892. The molecule has 0 aliphatic carbocycles. The Morgan fingerprint density at radius 2 is 2.00 bits per heavy atom. The number of likely N-dealkylation sites (N-methyl/N-ethyl adjacent to an activating group) is 1. The average molecular weight is 343 g/mol. The zero-order chi connectivity index (χ0) is 17.6. The molecule has 2 aliphatic heterocycles. The van der Waals surface area contributed by atoms with E-state index in [9.17, 15) is 9.59 Å². The van der Waals surface area contributed by atoms with E-state index in [1.165, 1.54) is 11.1 Å². The molecule has 0 aromatic heterocycles. The molecule has 1 N–H and O–H groups in total. The summed E-state index contributed by atoms with van der Waals surface area (Å²) in [6, 6.07) is 8.35. The van der Waals surface area contributed by atoms with Gasteiger partial charge in [-0.15, -0.1) is 0 Å². The van der Waals surface area contributed by atoms with Crippen LogP contribution in [0.25, 0.3) is 0 Å². The molecule has 0 saturated carbocycles. The van der Waals surface area contributed by atoms with Gasteiger partial charge in [0.05, 0.1) is 0 Å². The van der Waals surface area contributed by atoms with Crippen molar-refractivity contribution in [2.75, 3.05) is 26.7 Å². The summed E-state index contributed by atoms with van der Waals surface area (Å²) < 4.78 is 0. The minimum Gasteiger partial charge on any atom is -0.354 e. The minimum absolute atomic E-state index is 0.00161. The Balaban J connectivity index is 1.40. The van der Waals surface area contributed by atoms with Crippen LogP contribution in [0.5, 0.6) is 0 Å². The predicted molar refractivity (Wildman–Crippen MR) is 98.1 cm³/mol. The fraction of sp³-hybridized carbons (Fsp3) is 0.600. The van der Waals surface area contributed by atoms with Crippen LogP contribution in [-0.2, 0) is 22.6 Å². The Bertz CT molecular complexity index is 617. The number of hydrogen-bond acceptors (Lipinski definition) is 3. The van der Waals surface area contributed by atoms with E-state index in [-0.39, 0.29) is 17.9 Å². The van der Waals surface area contributed by atoms with Crippen molar-refractivity contribution in [3.05, 3.63) is 35.4 Å².